The molecule has 1 rings (SSSR count). The van der Waals surface area contributed by atoms with Gasteiger partial charge in [0.05, 0.1) is 5.60 Å². The van der Waals surface area contributed by atoms with E-state index < -0.39 is 5.60 Å². The average molecular weight is 234 g/mol. The fourth-order valence-corrected chi connectivity index (χ4v) is 2.21. The summed E-state index contributed by atoms with van der Waals surface area (Å²) in [5, 5.41) is 12.0. The minimum Gasteiger partial charge on any atom is -0.386 e. The van der Waals surface area contributed by atoms with Crippen LogP contribution in [0.3, 0.4) is 0 Å². The Labute approximate surface area is 102 Å². The monoisotopic (exact) mass is 234 g/mol. The lowest BCUT2D eigenvalue weighted by atomic mass is 9.97. The van der Waals surface area contributed by atoms with Gasteiger partial charge in [-0.3, -0.25) is 0 Å². The predicted octanol–water partition coefficient (Wildman–Crippen LogP) is 4.01. The van der Waals surface area contributed by atoms with E-state index in [4.69, 9.17) is 0 Å². The molecule has 0 heterocycles. The largest absolute Gasteiger partial charge is 0.386 e. The molecule has 16 heavy (non-hydrogen) atoms. The van der Waals surface area contributed by atoms with Gasteiger partial charge in [-0.05, 0) is 43.4 Å². The van der Waals surface area contributed by atoms with Crippen molar-refractivity contribution in [1.82, 2.24) is 0 Å². The average Bonchev–Trinajstić information content (AvgIpc) is 2.24. The molecule has 0 saturated heterocycles. The third kappa shape index (κ3) is 4.25. The maximum Gasteiger partial charge on any atom is 0.0811 e. The van der Waals surface area contributed by atoms with Gasteiger partial charge in [0.2, 0.25) is 0 Å². The Morgan fingerprint density at radius 1 is 1.38 bits per heavy atom. The number of hydrogen-bond acceptors (Lipinski definition) is 2. The summed E-state index contributed by atoms with van der Waals surface area (Å²) in [5.74, 6) is 0. The van der Waals surface area contributed by atoms with Crippen molar-refractivity contribution in [3.05, 3.63) is 54.0 Å². The quantitative estimate of drug-likeness (QED) is 0.613. The molecule has 0 atom stereocenters. The summed E-state index contributed by atoms with van der Waals surface area (Å²) in [4.78, 5) is 1.17. The Kier molecular flexibility index (Phi) is 4.84. The Balaban J connectivity index is 2.76. The van der Waals surface area contributed by atoms with E-state index in [1.54, 1.807) is 25.6 Å². The molecule has 1 aromatic carbocycles. The predicted molar refractivity (Wildman–Crippen MR) is 71.5 cm³/mol. The third-order valence-corrected chi connectivity index (χ3v) is 3.18. The fraction of sp³-hybridized carbons (Fsp3) is 0.286. The molecule has 1 N–H and O–H groups in total. The molecule has 2 heteroatoms. The van der Waals surface area contributed by atoms with Crippen LogP contribution in [0.15, 0.2) is 58.9 Å². The minimum absolute atomic E-state index is 0.712. The molecule has 0 bridgehead atoms. The van der Waals surface area contributed by atoms with Gasteiger partial charge >= 0.3 is 0 Å². The molecule has 1 nitrogen and oxygen atoms in total. The van der Waals surface area contributed by atoms with Gasteiger partial charge in [0, 0.05) is 4.90 Å². The van der Waals surface area contributed by atoms with E-state index in [0.29, 0.717) is 6.42 Å². The second-order valence-corrected chi connectivity index (χ2v) is 5.07. The molecule has 0 unspecified atom stereocenters. The van der Waals surface area contributed by atoms with Crippen molar-refractivity contribution in [3.8, 4) is 0 Å². The van der Waals surface area contributed by atoms with Crippen LogP contribution in [0, 0.1) is 0 Å². The molecule has 0 fully saturated rings. The first-order chi connectivity index (χ1) is 7.54. The van der Waals surface area contributed by atoms with E-state index in [1.165, 1.54) is 4.90 Å². The highest BCUT2D eigenvalue weighted by Gasteiger charge is 2.17. The van der Waals surface area contributed by atoms with E-state index in [-0.39, 0.29) is 0 Å². The molecule has 0 aliphatic rings. The summed E-state index contributed by atoms with van der Waals surface area (Å²) in [6, 6.07) is 10.1. The summed E-state index contributed by atoms with van der Waals surface area (Å²) in [5.41, 5.74) is 0.201. The summed E-state index contributed by atoms with van der Waals surface area (Å²) in [7, 11) is 0. The number of benzene rings is 1. The number of hydrogen-bond donors (Lipinski definition) is 1. The third-order valence-electron chi connectivity index (χ3n) is 2.23. The van der Waals surface area contributed by atoms with Crippen molar-refractivity contribution in [3.63, 3.8) is 0 Å². The maximum atomic E-state index is 9.96. The minimum atomic E-state index is -0.782. The number of thioether (sulfide) groups is 1. The van der Waals surface area contributed by atoms with Crippen LogP contribution in [0.2, 0.25) is 0 Å². The number of rotatable bonds is 5. The van der Waals surface area contributed by atoms with Crippen LogP contribution in [0.25, 0.3) is 0 Å². The maximum absolute atomic E-state index is 9.96. The Hall–Kier alpha value is -0.990. The van der Waals surface area contributed by atoms with Gasteiger partial charge in [-0.1, -0.05) is 36.0 Å². The summed E-state index contributed by atoms with van der Waals surface area (Å²) < 4.78 is 0. The van der Waals surface area contributed by atoms with Gasteiger partial charge in [-0.15, -0.1) is 6.58 Å². The smallest absolute Gasteiger partial charge is 0.0811 e. The summed E-state index contributed by atoms with van der Waals surface area (Å²) >= 11 is 1.63. The van der Waals surface area contributed by atoms with Crippen LogP contribution in [-0.4, -0.2) is 10.7 Å². The fourth-order valence-electron chi connectivity index (χ4n) is 1.24. The van der Waals surface area contributed by atoms with Crippen molar-refractivity contribution in [2.45, 2.75) is 30.8 Å². The first kappa shape index (κ1) is 13.1. The van der Waals surface area contributed by atoms with Crippen LogP contribution in [-0.2, 0) is 0 Å². The zero-order valence-corrected chi connectivity index (χ0v) is 10.6. The van der Waals surface area contributed by atoms with Gasteiger partial charge in [0.25, 0.3) is 0 Å². The van der Waals surface area contributed by atoms with Crippen LogP contribution in [0.5, 0.6) is 0 Å². The molecule has 0 amide bonds. The Bertz CT molecular complexity index is 360. The van der Waals surface area contributed by atoms with E-state index >= 15 is 0 Å². The Morgan fingerprint density at radius 2 is 2.00 bits per heavy atom. The molecular weight excluding hydrogens is 216 g/mol. The lowest BCUT2D eigenvalue weighted by Crippen LogP contribution is -2.21. The van der Waals surface area contributed by atoms with E-state index in [2.05, 4.69) is 18.7 Å². The zero-order valence-electron chi connectivity index (χ0n) is 9.81. The van der Waals surface area contributed by atoms with Crippen molar-refractivity contribution >= 4 is 11.8 Å². The van der Waals surface area contributed by atoms with Gasteiger partial charge in [-0.25, -0.2) is 0 Å². The van der Waals surface area contributed by atoms with Crippen molar-refractivity contribution in [1.29, 1.82) is 0 Å². The number of allylic oxidation sites excluding steroid dienone is 1. The SMILES string of the molecule is C=CC/C(=C/Sc1ccccc1)C(C)(C)O. The number of aliphatic hydroxyl groups is 1. The molecule has 0 spiro atoms. The highest BCUT2D eigenvalue weighted by atomic mass is 32.2. The molecule has 0 aromatic heterocycles. The topological polar surface area (TPSA) is 20.2 Å². The molecule has 0 radical (unpaired) electrons. The standard InChI is InChI=1S/C14H18OS/c1-4-8-12(14(2,3)15)11-16-13-9-6-5-7-10-13/h4-7,9-11,15H,1,8H2,2-3H3/b12-11-. The van der Waals surface area contributed by atoms with Crippen LogP contribution in [0.1, 0.15) is 20.3 Å². The molecule has 1 aromatic rings. The van der Waals surface area contributed by atoms with Crippen molar-refractivity contribution in [2.75, 3.05) is 0 Å². The molecule has 0 saturated carbocycles. The van der Waals surface area contributed by atoms with Crippen LogP contribution in [0.4, 0.5) is 0 Å². The van der Waals surface area contributed by atoms with Gasteiger partial charge in [0.15, 0.2) is 0 Å². The van der Waals surface area contributed by atoms with E-state index in [1.807, 2.05) is 29.7 Å². The highest BCUT2D eigenvalue weighted by molar-refractivity contribution is 8.02. The molecule has 0 aliphatic heterocycles. The molecule has 0 aliphatic carbocycles. The molecular formula is C14H18OS. The first-order valence-corrected chi connectivity index (χ1v) is 6.16. The normalized spacial score (nSPS) is 12.6. The van der Waals surface area contributed by atoms with Gasteiger partial charge in [-0.2, -0.15) is 0 Å². The van der Waals surface area contributed by atoms with E-state index in [9.17, 15) is 5.11 Å². The lowest BCUT2D eigenvalue weighted by molar-refractivity contribution is 0.118. The van der Waals surface area contributed by atoms with Crippen LogP contribution < -0.4 is 0 Å². The van der Waals surface area contributed by atoms with Crippen molar-refractivity contribution in [2.24, 2.45) is 0 Å². The summed E-state index contributed by atoms with van der Waals surface area (Å²) in [6.45, 7) is 7.31. The van der Waals surface area contributed by atoms with Gasteiger partial charge < -0.3 is 5.11 Å². The first-order valence-electron chi connectivity index (χ1n) is 5.28. The van der Waals surface area contributed by atoms with Gasteiger partial charge in [0.1, 0.15) is 0 Å². The second kappa shape index (κ2) is 5.92. The second-order valence-electron chi connectivity index (χ2n) is 4.13. The highest BCUT2D eigenvalue weighted by Crippen LogP contribution is 2.27. The molecule has 86 valence electrons. The Morgan fingerprint density at radius 3 is 2.50 bits per heavy atom. The summed E-state index contributed by atoms with van der Waals surface area (Å²) in [6.07, 6.45) is 2.53. The zero-order chi connectivity index (χ0) is 12.0. The van der Waals surface area contributed by atoms with Crippen molar-refractivity contribution < 1.29 is 5.11 Å². The van der Waals surface area contributed by atoms with Crippen LogP contribution >= 0.6 is 11.8 Å². The lowest BCUT2D eigenvalue weighted by Gasteiger charge is -2.20. The van der Waals surface area contributed by atoms with E-state index in [0.717, 1.165) is 5.57 Å².